The minimum absolute atomic E-state index is 0.230. The largest absolute Gasteiger partial charge is 0.480 e. The van der Waals surface area contributed by atoms with E-state index in [1.165, 1.54) is 6.92 Å². The molecule has 0 heterocycles. The minimum atomic E-state index is -1.45. The van der Waals surface area contributed by atoms with Gasteiger partial charge in [-0.15, -0.1) is 0 Å². The van der Waals surface area contributed by atoms with Gasteiger partial charge >= 0.3 is 11.9 Å². The van der Waals surface area contributed by atoms with Crippen molar-refractivity contribution in [3.63, 3.8) is 0 Å². The van der Waals surface area contributed by atoms with E-state index >= 15 is 0 Å². The highest BCUT2D eigenvalue weighted by molar-refractivity contribution is 5.80. The fraction of sp³-hybridized carbons (Fsp3) is 0.222. The summed E-state index contributed by atoms with van der Waals surface area (Å²) >= 11 is 0. The molecule has 4 N–H and O–H groups in total. The summed E-state index contributed by atoms with van der Waals surface area (Å²) in [7, 11) is 0. The third kappa shape index (κ3) is 4.18. The van der Waals surface area contributed by atoms with Gasteiger partial charge in [0.2, 0.25) is 0 Å². The molecule has 0 fully saturated rings. The summed E-state index contributed by atoms with van der Waals surface area (Å²) in [6.07, 6.45) is 0.230. The molecule has 0 unspecified atom stereocenters. The normalized spacial score (nSPS) is 14.5. The number of hydrogen-bond acceptors (Lipinski definition) is 4. The van der Waals surface area contributed by atoms with E-state index in [0.29, 0.717) is 5.56 Å². The molecule has 2 aromatic carbocycles. The number of aliphatic carboxylic acids is 2. The zero-order chi connectivity index (χ0) is 17.6. The average Bonchev–Trinajstić information content (AvgIpc) is 2.59. The van der Waals surface area contributed by atoms with Gasteiger partial charge in [0.05, 0.1) is 0 Å². The first-order valence-electron chi connectivity index (χ1n) is 7.52. The highest BCUT2D eigenvalue weighted by Gasteiger charge is 2.36. The molecule has 0 amide bonds. The fourth-order valence-electron chi connectivity index (χ4n) is 2.30. The van der Waals surface area contributed by atoms with Crippen LogP contribution in [0, 0.1) is 0 Å². The first kappa shape index (κ1) is 17.7. The second kappa shape index (κ2) is 7.72. The van der Waals surface area contributed by atoms with Gasteiger partial charge in [0.1, 0.15) is 6.04 Å². The van der Waals surface area contributed by atoms with Gasteiger partial charge in [-0.3, -0.25) is 4.79 Å². The van der Waals surface area contributed by atoms with Gasteiger partial charge in [-0.25, -0.2) is 15.6 Å². The maximum Gasteiger partial charge on any atom is 0.329 e. The molecular weight excluding hydrogens is 308 g/mol. The van der Waals surface area contributed by atoms with E-state index in [-0.39, 0.29) is 6.42 Å². The van der Waals surface area contributed by atoms with Crippen molar-refractivity contribution >= 4 is 11.9 Å². The summed E-state index contributed by atoms with van der Waals surface area (Å²) in [6, 6.07) is 16.8. The lowest BCUT2D eigenvalue weighted by atomic mass is 9.93. The van der Waals surface area contributed by atoms with Crippen LogP contribution >= 0.6 is 0 Å². The molecule has 0 spiro atoms. The summed E-state index contributed by atoms with van der Waals surface area (Å²) in [6.45, 7) is 1.49. The fourth-order valence-corrected chi connectivity index (χ4v) is 2.30. The Kier molecular flexibility index (Phi) is 5.68. The topological polar surface area (TPSA) is 98.7 Å². The van der Waals surface area contributed by atoms with Crippen LogP contribution in [-0.2, 0) is 21.5 Å². The summed E-state index contributed by atoms with van der Waals surface area (Å²) in [5.74, 6) is -2.17. The number of carboxylic acids is 2. The van der Waals surface area contributed by atoms with Gasteiger partial charge < -0.3 is 10.2 Å². The van der Waals surface area contributed by atoms with Crippen molar-refractivity contribution < 1.29 is 19.8 Å². The first-order valence-corrected chi connectivity index (χ1v) is 7.52. The Balaban J connectivity index is 2.14. The number of hydrazine groups is 1. The van der Waals surface area contributed by atoms with E-state index in [1.54, 1.807) is 30.3 Å². The van der Waals surface area contributed by atoms with Gasteiger partial charge in [0.25, 0.3) is 0 Å². The lowest BCUT2D eigenvalue weighted by Crippen LogP contribution is -2.58. The molecule has 0 aromatic heterocycles. The molecule has 2 aromatic rings. The van der Waals surface area contributed by atoms with Gasteiger partial charge in [0.15, 0.2) is 5.54 Å². The highest BCUT2D eigenvalue weighted by Crippen LogP contribution is 2.20. The van der Waals surface area contributed by atoms with Crippen LogP contribution in [0.3, 0.4) is 0 Å². The molecule has 0 saturated heterocycles. The van der Waals surface area contributed by atoms with Gasteiger partial charge in [-0.1, -0.05) is 60.7 Å². The minimum Gasteiger partial charge on any atom is -0.480 e. The standard InChI is InChI=1S/C18H20N2O4/c1-18(17(23)24,14-10-6-3-7-11-14)20-19-15(16(21)22)12-13-8-4-2-5-9-13/h2-11,15,19-20H,12H2,1H3,(H,21,22)(H,23,24)/t15-,18+/m0/s1. The summed E-state index contributed by atoms with van der Waals surface area (Å²) in [5.41, 5.74) is 5.25. The highest BCUT2D eigenvalue weighted by atomic mass is 16.4. The molecule has 6 nitrogen and oxygen atoms in total. The Labute approximate surface area is 140 Å². The number of rotatable bonds is 8. The van der Waals surface area contributed by atoms with E-state index in [2.05, 4.69) is 10.9 Å². The van der Waals surface area contributed by atoms with Crippen LogP contribution in [0.4, 0.5) is 0 Å². The van der Waals surface area contributed by atoms with E-state index in [4.69, 9.17) is 0 Å². The molecule has 126 valence electrons. The molecule has 0 aliphatic carbocycles. The van der Waals surface area contributed by atoms with Crippen molar-refractivity contribution in [3.8, 4) is 0 Å². The Morgan fingerprint density at radius 1 is 1.00 bits per heavy atom. The van der Waals surface area contributed by atoms with Crippen molar-refractivity contribution in [3.05, 3.63) is 71.8 Å². The SMILES string of the molecule is C[C@](NN[C@@H](Cc1ccccc1)C(=O)O)(C(=O)O)c1ccccc1. The second-order valence-corrected chi connectivity index (χ2v) is 5.65. The predicted molar refractivity (Wildman–Crippen MR) is 89.3 cm³/mol. The van der Waals surface area contributed by atoms with Crippen LogP contribution in [0.1, 0.15) is 18.1 Å². The lowest BCUT2D eigenvalue weighted by Gasteiger charge is -2.29. The summed E-state index contributed by atoms with van der Waals surface area (Å²) < 4.78 is 0. The van der Waals surface area contributed by atoms with E-state index < -0.39 is 23.5 Å². The average molecular weight is 328 g/mol. The predicted octanol–water partition coefficient (Wildman–Crippen LogP) is 1.78. The van der Waals surface area contributed by atoms with Crippen LogP contribution in [0.15, 0.2) is 60.7 Å². The van der Waals surface area contributed by atoms with Crippen molar-refractivity contribution in [1.29, 1.82) is 0 Å². The van der Waals surface area contributed by atoms with Gasteiger partial charge in [0, 0.05) is 0 Å². The van der Waals surface area contributed by atoms with Gasteiger partial charge in [-0.05, 0) is 24.5 Å². The molecule has 0 aliphatic rings. The maximum absolute atomic E-state index is 11.7. The van der Waals surface area contributed by atoms with E-state index in [0.717, 1.165) is 5.56 Å². The third-order valence-electron chi connectivity index (χ3n) is 3.86. The third-order valence-corrected chi connectivity index (χ3v) is 3.86. The Morgan fingerprint density at radius 2 is 1.54 bits per heavy atom. The van der Waals surface area contributed by atoms with Gasteiger partial charge in [-0.2, -0.15) is 0 Å². The summed E-state index contributed by atoms with van der Waals surface area (Å²) in [5, 5.41) is 19.0. The number of carbonyl (C=O) groups is 2. The molecule has 0 aliphatic heterocycles. The molecule has 0 saturated carbocycles. The van der Waals surface area contributed by atoms with Crippen LogP contribution in [-0.4, -0.2) is 28.2 Å². The van der Waals surface area contributed by atoms with Crippen LogP contribution in [0.2, 0.25) is 0 Å². The number of benzene rings is 2. The van der Waals surface area contributed by atoms with Crippen molar-refractivity contribution in [2.45, 2.75) is 24.9 Å². The molecule has 24 heavy (non-hydrogen) atoms. The molecule has 0 bridgehead atoms. The number of hydrogen-bond donors (Lipinski definition) is 4. The van der Waals surface area contributed by atoms with E-state index in [9.17, 15) is 19.8 Å². The Hall–Kier alpha value is -2.70. The summed E-state index contributed by atoms with van der Waals surface area (Å²) in [4.78, 5) is 23.2. The molecule has 2 rings (SSSR count). The lowest BCUT2D eigenvalue weighted by molar-refractivity contribution is -0.147. The monoisotopic (exact) mass is 328 g/mol. The Bertz CT molecular complexity index is 691. The van der Waals surface area contributed by atoms with Crippen LogP contribution in [0.5, 0.6) is 0 Å². The van der Waals surface area contributed by atoms with Crippen LogP contribution in [0.25, 0.3) is 0 Å². The van der Waals surface area contributed by atoms with Crippen LogP contribution < -0.4 is 10.9 Å². The Morgan fingerprint density at radius 3 is 2.04 bits per heavy atom. The molecular formula is C18H20N2O4. The first-order chi connectivity index (χ1) is 11.4. The van der Waals surface area contributed by atoms with Crippen molar-refractivity contribution in [1.82, 2.24) is 10.9 Å². The zero-order valence-corrected chi connectivity index (χ0v) is 13.3. The molecule has 6 heteroatoms. The van der Waals surface area contributed by atoms with E-state index in [1.807, 2.05) is 30.3 Å². The number of nitrogens with one attached hydrogen (secondary N) is 2. The van der Waals surface area contributed by atoms with Crippen molar-refractivity contribution in [2.75, 3.05) is 0 Å². The zero-order valence-electron chi connectivity index (χ0n) is 13.3. The second-order valence-electron chi connectivity index (χ2n) is 5.65. The smallest absolute Gasteiger partial charge is 0.329 e. The van der Waals surface area contributed by atoms with Crippen molar-refractivity contribution in [2.24, 2.45) is 0 Å². The number of carboxylic acid groups (broad SMARTS) is 2. The quantitative estimate of drug-likeness (QED) is 0.551. The molecule has 2 atom stereocenters. The molecule has 0 radical (unpaired) electrons. The maximum atomic E-state index is 11.7.